The Balaban J connectivity index is 1.69. The number of fused-ring (bicyclic) bond motifs is 1. The first kappa shape index (κ1) is 18.8. The highest BCUT2D eigenvalue weighted by Gasteiger charge is 2.48. The molecule has 3 aromatic rings. The number of aromatic nitrogens is 4. The molecule has 4 rings (SSSR count). The first-order chi connectivity index (χ1) is 13.5. The lowest BCUT2D eigenvalue weighted by Crippen LogP contribution is -2.36. The van der Waals surface area contributed by atoms with Gasteiger partial charge >= 0.3 is 0 Å². The van der Waals surface area contributed by atoms with Crippen LogP contribution in [0.15, 0.2) is 43.0 Å². The van der Waals surface area contributed by atoms with Crippen LogP contribution < -0.4 is 5.73 Å². The van der Waals surface area contributed by atoms with Crippen LogP contribution in [0.1, 0.15) is 31.7 Å². The van der Waals surface area contributed by atoms with E-state index in [0.717, 1.165) is 5.56 Å². The lowest BCUT2D eigenvalue weighted by Gasteiger charge is -2.28. The molecule has 1 saturated heterocycles. The van der Waals surface area contributed by atoms with E-state index < -0.39 is 30.6 Å². The zero-order valence-corrected chi connectivity index (χ0v) is 15.6. The number of nitrogens with two attached hydrogens (primary N) is 1. The van der Waals surface area contributed by atoms with Gasteiger partial charge < -0.3 is 25.4 Å². The minimum atomic E-state index is -1.19. The summed E-state index contributed by atoms with van der Waals surface area (Å²) in [4.78, 5) is 12.3. The van der Waals surface area contributed by atoms with Gasteiger partial charge in [0.1, 0.15) is 36.3 Å². The van der Waals surface area contributed by atoms with Crippen molar-refractivity contribution in [2.24, 2.45) is 0 Å². The molecular weight excluding hydrogens is 362 g/mol. The molecule has 4 N–H and O–H groups in total. The topological polar surface area (TPSA) is 129 Å². The summed E-state index contributed by atoms with van der Waals surface area (Å²) in [5, 5.41) is 21.5. The van der Waals surface area contributed by atoms with Crippen LogP contribution in [0, 0.1) is 0 Å². The predicted molar refractivity (Wildman–Crippen MR) is 101 cm³/mol. The van der Waals surface area contributed by atoms with E-state index in [2.05, 4.69) is 15.0 Å². The van der Waals surface area contributed by atoms with Gasteiger partial charge in [-0.2, -0.15) is 0 Å². The maximum atomic E-state index is 10.8. The Hall–Kier alpha value is -2.59. The van der Waals surface area contributed by atoms with E-state index in [-0.39, 0.29) is 11.9 Å². The highest BCUT2D eigenvalue weighted by molar-refractivity contribution is 5.81. The molecule has 0 saturated carbocycles. The van der Waals surface area contributed by atoms with Crippen molar-refractivity contribution in [1.29, 1.82) is 0 Å². The third-order valence-corrected chi connectivity index (χ3v) is 4.78. The van der Waals surface area contributed by atoms with Gasteiger partial charge in [0.2, 0.25) is 0 Å². The predicted octanol–water partition coefficient (Wildman–Crippen LogP) is 1.19. The molecule has 2 aromatic heterocycles. The molecular formula is C19H23N5O4. The number of ether oxygens (including phenoxy) is 2. The van der Waals surface area contributed by atoms with Crippen LogP contribution >= 0.6 is 0 Å². The zero-order chi connectivity index (χ0) is 19.8. The Morgan fingerprint density at radius 1 is 1.11 bits per heavy atom. The van der Waals surface area contributed by atoms with Crippen LogP contribution in [0.2, 0.25) is 0 Å². The summed E-state index contributed by atoms with van der Waals surface area (Å²) in [6.07, 6.45) is -1.88. The summed E-state index contributed by atoms with van der Waals surface area (Å²) in [6.45, 7) is 3.82. The van der Waals surface area contributed by atoms with Crippen molar-refractivity contribution in [3.8, 4) is 0 Å². The molecule has 1 aliphatic heterocycles. The number of aliphatic hydroxyl groups excluding tert-OH is 2. The van der Waals surface area contributed by atoms with Gasteiger partial charge in [-0.15, -0.1) is 0 Å². The number of aliphatic hydroxyl groups is 2. The molecule has 0 bridgehead atoms. The van der Waals surface area contributed by atoms with Crippen LogP contribution in [-0.4, -0.2) is 54.1 Å². The van der Waals surface area contributed by atoms with E-state index in [9.17, 15) is 10.2 Å². The van der Waals surface area contributed by atoms with Crippen molar-refractivity contribution in [3.05, 3.63) is 48.5 Å². The average Bonchev–Trinajstić information content (AvgIpc) is 3.23. The van der Waals surface area contributed by atoms with E-state index in [4.69, 9.17) is 15.2 Å². The van der Waals surface area contributed by atoms with Crippen LogP contribution in [-0.2, 0) is 9.47 Å². The lowest BCUT2D eigenvalue weighted by atomic mass is 9.99. The number of nitrogen functional groups attached to an aromatic ring is 1. The van der Waals surface area contributed by atoms with Crippen molar-refractivity contribution < 1.29 is 19.7 Å². The summed E-state index contributed by atoms with van der Waals surface area (Å²) in [5.74, 6) is 0.235. The summed E-state index contributed by atoms with van der Waals surface area (Å²) in [5.41, 5.74) is 7.53. The summed E-state index contributed by atoms with van der Waals surface area (Å²) in [7, 11) is 0. The second-order valence-corrected chi connectivity index (χ2v) is 7.07. The number of imidazole rings is 1. The third kappa shape index (κ3) is 3.22. The maximum Gasteiger partial charge on any atom is 0.167 e. The normalized spacial score (nSPS) is 26.2. The molecule has 0 spiro atoms. The monoisotopic (exact) mass is 385 g/mol. The Morgan fingerprint density at radius 2 is 1.86 bits per heavy atom. The molecule has 3 heterocycles. The number of hydrogen-bond acceptors (Lipinski definition) is 8. The van der Waals surface area contributed by atoms with Gasteiger partial charge in [-0.05, 0) is 19.4 Å². The molecule has 9 heteroatoms. The molecule has 1 aliphatic rings. The minimum Gasteiger partial charge on any atom is -0.387 e. The van der Waals surface area contributed by atoms with Crippen molar-refractivity contribution in [2.45, 2.75) is 50.6 Å². The van der Waals surface area contributed by atoms with Gasteiger partial charge in [0.15, 0.2) is 17.7 Å². The molecule has 0 radical (unpaired) electrons. The van der Waals surface area contributed by atoms with Gasteiger partial charge in [0, 0.05) is 0 Å². The Morgan fingerprint density at radius 3 is 2.57 bits per heavy atom. The molecule has 9 nitrogen and oxygen atoms in total. The number of benzene rings is 1. The zero-order valence-electron chi connectivity index (χ0n) is 15.6. The standard InChI is InChI=1S/C19H23N5O4/c1-10(2)27-15(11-6-4-3-5-7-11)16-13(25)14(26)19(28-16)24-9-23-12-17(20)21-8-22-18(12)24/h3-10,13-16,19,25-26H,1-2H3,(H2,20,21,22)/t13-,14+,15-,16-,19+/m0/s1. The van der Waals surface area contributed by atoms with Crippen molar-refractivity contribution in [2.75, 3.05) is 5.73 Å². The molecule has 1 aromatic carbocycles. The Kier molecular flexibility index (Phi) is 4.98. The smallest absolute Gasteiger partial charge is 0.167 e. The Labute approximate surface area is 161 Å². The average molecular weight is 385 g/mol. The van der Waals surface area contributed by atoms with E-state index in [1.54, 1.807) is 4.57 Å². The highest BCUT2D eigenvalue weighted by atomic mass is 16.6. The van der Waals surface area contributed by atoms with Crippen LogP contribution in [0.25, 0.3) is 11.2 Å². The number of hydrogen-bond donors (Lipinski definition) is 3. The fourth-order valence-electron chi connectivity index (χ4n) is 3.50. The van der Waals surface area contributed by atoms with E-state index >= 15 is 0 Å². The van der Waals surface area contributed by atoms with Gasteiger partial charge in [-0.25, -0.2) is 15.0 Å². The number of anilines is 1. The molecule has 0 amide bonds. The highest BCUT2D eigenvalue weighted by Crippen LogP contribution is 2.39. The fourth-order valence-corrected chi connectivity index (χ4v) is 3.50. The van der Waals surface area contributed by atoms with Gasteiger partial charge in [0.05, 0.1) is 12.4 Å². The Bertz CT molecular complexity index is 948. The van der Waals surface area contributed by atoms with Crippen LogP contribution in [0.3, 0.4) is 0 Å². The maximum absolute atomic E-state index is 10.8. The number of rotatable bonds is 5. The van der Waals surface area contributed by atoms with E-state index in [1.807, 2.05) is 44.2 Å². The second-order valence-electron chi connectivity index (χ2n) is 7.07. The second kappa shape index (κ2) is 7.44. The number of nitrogens with zero attached hydrogens (tertiary/aromatic N) is 4. The summed E-state index contributed by atoms with van der Waals surface area (Å²) < 4.78 is 13.7. The van der Waals surface area contributed by atoms with Crippen molar-refractivity contribution >= 4 is 17.0 Å². The van der Waals surface area contributed by atoms with E-state index in [0.29, 0.717) is 11.2 Å². The summed E-state index contributed by atoms with van der Waals surface area (Å²) in [6, 6.07) is 9.50. The third-order valence-electron chi connectivity index (χ3n) is 4.78. The molecule has 28 heavy (non-hydrogen) atoms. The lowest BCUT2D eigenvalue weighted by molar-refractivity contribution is -0.124. The SMILES string of the molecule is CC(C)O[C@@H](c1ccccc1)[C@H]1O[C@@H](n2cnc3c(N)ncnc32)[C@H](O)[C@@H]1O. The minimum absolute atomic E-state index is 0.0983. The molecule has 0 aliphatic carbocycles. The first-order valence-electron chi connectivity index (χ1n) is 9.12. The molecule has 0 unspecified atom stereocenters. The van der Waals surface area contributed by atoms with Crippen molar-refractivity contribution in [3.63, 3.8) is 0 Å². The van der Waals surface area contributed by atoms with Gasteiger partial charge in [-0.1, -0.05) is 30.3 Å². The van der Waals surface area contributed by atoms with Gasteiger partial charge in [0.25, 0.3) is 0 Å². The molecule has 1 fully saturated rings. The van der Waals surface area contributed by atoms with Crippen molar-refractivity contribution in [1.82, 2.24) is 19.5 Å². The molecule has 5 atom stereocenters. The van der Waals surface area contributed by atoms with Crippen LogP contribution in [0.4, 0.5) is 5.82 Å². The van der Waals surface area contributed by atoms with Gasteiger partial charge in [-0.3, -0.25) is 4.57 Å². The molecule has 148 valence electrons. The van der Waals surface area contributed by atoms with E-state index in [1.165, 1.54) is 12.7 Å². The quantitative estimate of drug-likeness (QED) is 0.597. The largest absolute Gasteiger partial charge is 0.387 e. The first-order valence-corrected chi connectivity index (χ1v) is 9.12. The van der Waals surface area contributed by atoms with Crippen LogP contribution in [0.5, 0.6) is 0 Å². The fraction of sp³-hybridized carbons (Fsp3) is 0.421. The summed E-state index contributed by atoms with van der Waals surface area (Å²) >= 11 is 0.